The van der Waals surface area contributed by atoms with Crippen LogP contribution >= 0.6 is 35.4 Å². The van der Waals surface area contributed by atoms with E-state index < -0.39 is 16.1 Å². The summed E-state index contributed by atoms with van der Waals surface area (Å²) in [7, 11) is 1.52. The quantitative estimate of drug-likeness (QED) is 0.348. The van der Waals surface area contributed by atoms with E-state index in [2.05, 4.69) is 4.40 Å². The van der Waals surface area contributed by atoms with Crippen LogP contribution < -0.4 is 0 Å². The van der Waals surface area contributed by atoms with Gasteiger partial charge >= 0.3 is 0 Å². The number of hydrogen-bond donors (Lipinski definition) is 0. The Hall–Kier alpha value is -1.11. The highest BCUT2D eigenvalue weighted by Crippen LogP contribution is 2.37. The van der Waals surface area contributed by atoms with E-state index in [0.717, 1.165) is 11.1 Å². The lowest BCUT2D eigenvalue weighted by Gasteiger charge is -2.18. The van der Waals surface area contributed by atoms with Crippen molar-refractivity contribution in [2.45, 2.75) is 25.5 Å². The third-order valence-electron chi connectivity index (χ3n) is 3.54. The van der Waals surface area contributed by atoms with E-state index in [-0.39, 0.29) is 0 Å². The highest BCUT2D eigenvalue weighted by Gasteiger charge is 2.26. The van der Waals surface area contributed by atoms with Gasteiger partial charge in [0.15, 0.2) is 5.05 Å². The Kier molecular flexibility index (Phi) is 7.11. The molecular formula is C19H19Cl2NO2S2. The maximum atomic E-state index is 12.3. The standard InChI is InChI=1S/C19H19Cl2NO2S2/c1-19(2,3)26(23)22-11-14-15(20)9-10-16(21)17(14)12-7-5-6-8-13(12)18(25)24-4/h5-11H,1-4H3/b22-11+. The molecule has 138 valence electrons. The van der Waals surface area contributed by atoms with Crippen LogP contribution in [0.25, 0.3) is 11.1 Å². The predicted octanol–water partition coefficient (Wildman–Crippen LogP) is 5.86. The van der Waals surface area contributed by atoms with Gasteiger partial charge in [0, 0.05) is 21.7 Å². The zero-order valence-corrected chi connectivity index (χ0v) is 18.0. The van der Waals surface area contributed by atoms with E-state index in [1.807, 2.05) is 45.0 Å². The van der Waals surface area contributed by atoms with Gasteiger partial charge in [-0.05, 0) is 56.8 Å². The van der Waals surface area contributed by atoms with E-state index in [1.165, 1.54) is 13.3 Å². The third-order valence-corrected chi connectivity index (χ3v) is 5.92. The summed E-state index contributed by atoms with van der Waals surface area (Å²) in [5.74, 6) is 0. The Morgan fingerprint density at radius 3 is 2.38 bits per heavy atom. The fourth-order valence-electron chi connectivity index (χ4n) is 2.22. The van der Waals surface area contributed by atoms with E-state index in [9.17, 15) is 4.55 Å². The minimum atomic E-state index is -1.42. The zero-order chi connectivity index (χ0) is 19.5. The van der Waals surface area contributed by atoms with Crippen LogP contribution in [0.5, 0.6) is 0 Å². The van der Waals surface area contributed by atoms with Gasteiger partial charge in [-0.1, -0.05) is 45.8 Å². The smallest absolute Gasteiger partial charge is 0.191 e. The number of halogens is 2. The monoisotopic (exact) mass is 427 g/mol. The van der Waals surface area contributed by atoms with Crippen LogP contribution in [0.2, 0.25) is 10.0 Å². The maximum Gasteiger partial charge on any atom is 0.191 e. The number of hydrogen-bond acceptors (Lipinski definition) is 4. The molecule has 1 atom stereocenters. The first-order valence-electron chi connectivity index (χ1n) is 7.78. The minimum absolute atomic E-state index is 0.345. The number of ether oxygens (including phenoxy) is 1. The van der Waals surface area contributed by atoms with Gasteiger partial charge < -0.3 is 9.29 Å². The van der Waals surface area contributed by atoms with Crippen LogP contribution in [0.1, 0.15) is 31.9 Å². The molecule has 1 unspecified atom stereocenters. The predicted molar refractivity (Wildman–Crippen MR) is 116 cm³/mol. The van der Waals surface area contributed by atoms with Crippen LogP contribution in [0, 0.1) is 0 Å². The summed E-state index contributed by atoms with van der Waals surface area (Å²) in [4.78, 5) is 0. The molecule has 0 fully saturated rings. The summed E-state index contributed by atoms with van der Waals surface area (Å²) in [6, 6.07) is 10.9. The Balaban J connectivity index is 2.67. The van der Waals surface area contributed by atoms with Crippen molar-refractivity contribution in [3.8, 4) is 11.1 Å². The highest BCUT2D eigenvalue weighted by atomic mass is 35.5. The first-order chi connectivity index (χ1) is 12.2. The summed E-state index contributed by atoms with van der Waals surface area (Å²) in [5, 5.41) is 1.29. The number of thiocarbonyl (C=S) groups is 1. The summed E-state index contributed by atoms with van der Waals surface area (Å²) < 4.78 is 21.2. The van der Waals surface area contributed by atoms with Gasteiger partial charge in [-0.15, -0.1) is 0 Å². The number of methoxy groups -OCH3 is 1. The highest BCUT2D eigenvalue weighted by molar-refractivity contribution is 7.91. The minimum Gasteiger partial charge on any atom is -0.591 e. The normalized spacial score (nSPS) is 13.0. The van der Waals surface area contributed by atoms with E-state index in [0.29, 0.717) is 26.2 Å². The van der Waals surface area contributed by atoms with Crippen LogP contribution in [0.15, 0.2) is 40.8 Å². The second-order valence-electron chi connectivity index (χ2n) is 6.45. The van der Waals surface area contributed by atoms with Crippen molar-refractivity contribution in [3.63, 3.8) is 0 Å². The van der Waals surface area contributed by atoms with E-state index >= 15 is 0 Å². The Morgan fingerprint density at radius 1 is 1.15 bits per heavy atom. The van der Waals surface area contributed by atoms with Crippen molar-refractivity contribution in [3.05, 3.63) is 57.6 Å². The summed E-state index contributed by atoms with van der Waals surface area (Å²) in [5.41, 5.74) is 2.75. The van der Waals surface area contributed by atoms with Crippen molar-refractivity contribution in [2.24, 2.45) is 4.40 Å². The topological polar surface area (TPSA) is 44.6 Å². The SMILES string of the molecule is COC(=S)c1ccccc1-c1c(Cl)ccc(Cl)c1/C=N/[S+]([O-])C(C)(C)C. The van der Waals surface area contributed by atoms with Gasteiger partial charge in [-0.2, -0.15) is 0 Å². The Bertz CT molecular complexity index is 848. The number of benzene rings is 2. The fourth-order valence-corrected chi connectivity index (χ4v) is 3.38. The largest absolute Gasteiger partial charge is 0.591 e. The second kappa shape index (κ2) is 8.72. The lowest BCUT2D eigenvalue weighted by atomic mass is 9.96. The molecule has 0 radical (unpaired) electrons. The molecule has 0 aliphatic rings. The number of nitrogens with zero attached hydrogens (tertiary/aromatic N) is 1. The molecule has 0 aliphatic heterocycles. The molecule has 26 heavy (non-hydrogen) atoms. The van der Waals surface area contributed by atoms with Gasteiger partial charge in [0.2, 0.25) is 0 Å². The molecule has 0 aliphatic carbocycles. The number of rotatable bonds is 4. The molecule has 7 heteroatoms. The van der Waals surface area contributed by atoms with Crippen LogP contribution in [0.3, 0.4) is 0 Å². The molecule has 2 rings (SSSR count). The molecule has 0 amide bonds. The lowest BCUT2D eigenvalue weighted by molar-refractivity contribution is 0.416. The molecule has 2 aromatic rings. The molecule has 0 heterocycles. The first kappa shape index (κ1) is 21.2. The second-order valence-corrected chi connectivity index (χ2v) is 9.57. The molecule has 3 nitrogen and oxygen atoms in total. The molecule has 2 aromatic carbocycles. The van der Waals surface area contributed by atoms with Crippen molar-refractivity contribution in [1.29, 1.82) is 0 Å². The molecule has 0 N–H and O–H groups in total. The molecule has 0 aromatic heterocycles. The van der Waals surface area contributed by atoms with Gasteiger partial charge in [0.05, 0.1) is 18.3 Å². The lowest BCUT2D eigenvalue weighted by Crippen LogP contribution is -2.25. The molecule has 0 bridgehead atoms. The Morgan fingerprint density at radius 2 is 1.77 bits per heavy atom. The van der Waals surface area contributed by atoms with Gasteiger partial charge in [-0.25, -0.2) is 0 Å². The van der Waals surface area contributed by atoms with Gasteiger partial charge in [-0.3, -0.25) is 0 Å². The zero-order valence-electron chi connectivity index (χ0n) is 14.9. The molecule has 0 saturated carbocycles. The van der Waals surface area contributed by atoms with E-state index in [4.69, 9.17) is 40.2 Å². The van der Waals surface area contributed by atoms with Crippen molar-refractivity contribution in [1.82, 2.24) is 0 Å². The first-order valence-corrected chi connectivity index (χ1v) is 10.1. The van der Waals surface area contributed by atoms with Crippen LogP contribution in [-0.4, -0.2) is 27.7 Å². The average Bonchev–Trinajstić information content (AvgIpc) is 2.60. The average molecular weight is 428 g/mol. The maximum absolute atomic E-state index is 12.3. The third kappa shape index (κ3) is 4.78. The molecular weight excluding hydrogens is 409 g/mol. The van der Waals surface area contributed by atoms with Crippen LogP contribution in [0.4, 0.5) is 0 Å². The van der Waals surface area contributed by atoms with Crippen LogP contribution in [-0.2, 0) is 16.1 Å². The van der Waals surface area contributed by atoms with Crippen molar-refractivity contribution in [2.75, 3.05) is 7.11 Å². The van der Waals surface area contributed by atoms with Gasteiger partial charge in [0.1, 0.15) is 16.1 Å². The van der Waals surface area contributed by atoms with Crippen molar-refractivity contribution >= 4 is 58.0 Å². The summed E-state index contributed by atoms with van der Waals surface area (Å²) in [6.45, 7) is 5.56. The molecule has 0 spiro atoms. The summed E-state index contributed by atoms with van der Waals surface area (Å²) >= 11 is 16.8. The fraction of sp³-hybridized carbons (Fsp3) is 0.263. The van der Waals surface area contributed by atoms with E-state index in [1.54, 1.807) is 12.1 Å². The Labute approximate surface area is 172 Å². The molecule has 0 saturated heterocycles. The van der Waals surface area contributed by atoms with Crippen molar-refractivity contribution < 1.29 is 9.29 Å². The van der Waals surface area contributed by atoms with Gasteiger partial charge in [0.25, 0.3) is 0 Å². The summed E-state index contributed by atoms with van der Waals surface area (Å²) in [6.07, 6.45) is 1.51.